The van der Waals surface area contributed by atoms with Gasteiger partial charge in [0, 0.05) is 22.4 Å². The van der Waals surface area contributed by atoms with Crippen LogP contribution in [-0.2, 0) is 5.41 Å². The lowest BCUT2D eigenvalue weighted by Gasteiger charge is -2.34. The number of nitrogens with zero attached hydrogens (tertiary/aromatic N) is 1. The van der Waals surface area contributed by atoms with Crippen molar-refractivity contribution in [1.82, 2.24) is 0 Å². The molecule has 0 aromatic heterocycles. The van der Waals surface area contributed by atoms with Gasteiger partial charge in [0.2, 0.25) is 0 Å². The van der Waals surface area contributed by atoms with Crippen molar-refractivity contribution in [2.75, 3.05) is 4.90 Å². The van der Waals surface area contributed by atoms with E-state index in [1.165, 1.54) is 103 Å². The van der Waals surface area contributed by atoms with Crippen LogP contribution in [0.5, 0.6) is 0 Å². The predicted molar refractivity (Wildman–Crippen MR) is 315 cm³/mol. The van der Waals surface area contributed by atoms with Crippen LogP contribution in [0.2, 0.25) is 6.55 Å². The van der Waals surface area contributed by atoms with Crippen molar-refractivity contribution in [3.8, 4) is 55.6 Å². The quantitative estimate of drug-likeness (QED) is 0.137. The highest BCUT2D eigenvalue weighted by molar-refractivity contribution is 7.22. The fourth-order valence-corrected chi connectivity index (χ4v) is 22.8. The lowest BCUT2D eigenvalue weighted by Crippen LogP contribution is -2.72. The number of hydrogen-bond acceptors (Lipinski definition) is 1. The van der Waals surface area contributed by atoms with Gasteiger partial charge in [-0.25, -0.2) is 0 Å². The van der Waals surface area contributed by atoms with Gasteiger partial charge in [-0.3, -0.25) is 0 Å². The maximum absolute atomic E-state index is 2.95. The molecule has 1 nitrogen and oxygen atoms in total. The van der Waals surface area contributed by atoms with E-state index in [2.05, 4.69) is 292 Å². The molecule has 0 radical (unpaired) electrons. The van der Waals surface area contributed by atoms with Gasteiger partial charge in [0.1, 0.15) is 8.07 Å². The van der Waals surface area contributed by atoms with Crippen molar-refractivity contribution in [3.05, 3.63) is 278 Å². The lowest BCUT2D eigenvalue weighted by atomic mass is 9.81. The Labute approximate surface area is 431 Å². The van der Waals surface area contributed by atoms with Crippen LogP contribution in [0.3, 0.4) is 0 Å². The van der Waals surface area contributed by atoms with Gasteiger partial charge in [-0.1, -0.05) is 251 Å². The molecule has 14 rings (SSSR count). The van der Waals surface area contributed by atoms with Gasteiger partial charge in [-0.15, -0.1) is 0 Å². The molecular weight excluding hydrogens is 911 g/mol. The van der Waals surface area contributed by atoms with E-state index in [9.17, 15) is 0 Å². The maximum Gasteiger partial charge on any atom is 0.180 e. The Morgan fingerprint density at radius 2 is 0.781 bits per heavy atom. The summed E-state index contributed by atoms with van der Waals surface area (Å²) in [6.07, 6.45) is 0. The Bertz CT molecular complexity index is 3940. The molecule has 0 N–H and O–H groups in total. The lowest BCUT2D eigenvalue weighted by molar-refractivity contribution is 0.660. The van der Waals surface area contributed by atoms with Crippen LogP contribution < -0.4 is 41.2 Å². The summed E-state index contributed by atoms with van der Waals surface area (Å²) in [5.74, 6) is 0. The van der Waals surface area contributed by atoms with Crippen LogP contribution in [0.4, 0.5) is 17.1 Å². The molecule has 346 valence electrons. The van der Waals surface area contributed by atoms with Gasteiger partial charge in [0.15, 0.2) is 8.07 Å². The molecule has 2 aliphatic heterocycles. The standard InChI is InChI=1S/C70H53NSi2/c1-70(2)63-35-15-10-31-57(63)58-42-41-50(44-64(58)70)56-30-11-16-36-65(56)71(51-24-20-28-54(46-51)72(3)66-37-17-12-32-59(66)60-33-13-18-38-67(60)72)52-25-21-29-55(47-52)73(53-26-8-5-9-27-53)68-39-19-14-34-61(68)62-43-40-49(45-69(62)73)48-22-6-4-7-23-48/h4-47H,1-3H3. The van der Waals surface area contributed by atoms with Crippen LogP contribution >= 0.6 is 0 Å². The molecule has 11 aromatic carbocycles. The average molecular weight is 964 g/mol. The summed E-state index contributed by atoms with van der Waals surface area (Å²) in [6.45, 7) is 7.33. The zero-order chi connectivity index (χ0) is 48.9. The van der Waals surface area contributed by atoms with Gasteiger partial charge < -0.3 is 4.90 Å². The molecule has 3 aliphatic rings. The van der Waals surface area contributed by atoms with Gasteiger partial charge in [-0.2, -0.15) is 0 Å². The molecule has 0 amide bonds. The fraction of sp³-hybridized carbons (Fsp3) is 0.0571. The van der Waals surface area contributed by atoms with Gasteiger partial charge in [0.25, 0.3) is 0 Å². The summed E-state index contributed by atoms with van der Waals surface area (Å²) in [5.41, 5.74) is 19.1. The molecule has 0 bridgehead atoms. The highest BCUT2D eigenvalue weighted by Crippen LogP contribution is 2.51. The first-order valence-electron chi connectivity index (χ1n) is 25.7. The second-order valence-corrected chi connectivity index (χ2v) is 28.5. The minimum atomic E-state index is -2.95. The molecule has 0 fully saturated rings. The predicted octanol–water partition coefficient (Wildman–Crippen LogP) is 13.2. The molecule has 1 atom stereocenters. The third kappa shape index (κ3) is 6.39. The van der Waals surface area contributed by atoms with Crippen molar-refractivity contribution < 1.29 is 0 Å². The molecule has 0 saturated carbocycles. The Morgan fingerprint density at radius 3 is 1.48 bits per heavy atom. The highest BCUT2D eigenvalue weighted by Gasteiger charge is 2.49. The Hall–Kier alpha value is -8.35. The number of fused-ring (bicyclic) bond motifs is 9. The van der Waals surface area contributed by atoms with Crippen molar-refractivity contribution in [3.63, 3.8) is 0 Å². The Morgan fingerprint density at radius 1 is 0.301 bits per heavy atom. The van der Waals surface area contributed by atoms with E-state index in [0.29, 0.717) is 0 Å². The van der Waals surface area contributed by atoms with E-state index in [1.807, 2.05) is 0 Å². The van der Waals surface area contributed by atoms with E-state index in [-0.39, 0.29) is 5.41 Å². The first kappa shape index (κ1) is 43.4. The smallest absolute Gasteiger partial charge is 0.180 e. The van der Waals surface area contributed by atoms with Crippen LogP contribution in [-0.4, -0.2) is 16.1 Å². The summed E-state index contributed by atoms with van der Waals surface area (Å²) >= 11 is 0. The van der Waals surface area contributed by atoms with E-state index in [1.54, 1.807) is 0 Å². The van der Waals surface area contributed by atoms with Crippen LogP contribution in [0, 0.1) is 0 Å². The fourth-order valence-electron chi connectivity index (χ4n) is 13.4. The summed E-state index contributed by atoms with van der Waals surface area (Å²) in [4.78, 5) is 2.58. The molecule has 73 heavy (non-hydrogen) atoms. The minimum absolute atomic E-state index is 0.127. The first-order chi connectivity index (χ1) is 35.8. The van der Waals surface area contributed by atoms with Crippen molar-refractivity contribution >= 4 is 69.5 Å². The van der Waals surface area contributed by atoms with Gasteiger partial charge >= 0.3 is 0 Å². The third-order valence-electron chi connectivity index (χ3n) is 16.8. The molecule has 2 heterocycles. The van der Waals surface area contributed by atoms with Crippen LogP contribution in [0.15, 0.2) is 267 Å². The molecule has 11 aromatic rings. The third-order valence-corrected chi connectivity index (χ3v) is 26.2. The first-order valence-corrected chi connectivity index (χ1v) is 30.2. The van der Waals surface area contributed by atoms with Crippen molar-refractivity contribution in [2.45, 2.75) is 25.8 Å². The summed E-state index contributed by atoms with van der Waals surface area (Å²) in [5, 5.41) is 9.99. The largest absolute Gasteiger partial charge is 0.310 e. The maximum atomic E-state index is 2.58. The summed E-state index contributed by atoms with van der Waals surface area (Å²) in [7, 11) is -5.39. The van der Waals surface area contributed by atoms with Gasteiger partial charge in [0.05, 0.1) is 5.69 Å². The van der Waals surface area contributed by atoms with Crippen LogP contribution in [0.25, 0.3) is 55.6 Å². The Balaban J connectivity index is 1.02. The number of hydrogen-bond donors (Lipinski definition) is 0. The second kappa shape index (κ2) is 16.6. The molecule has 1 unspecified atom stereocenters. The SMILES string of the molecule is CC1(C)c2ccccc2-c2ccc(-c3ccccc3N(c3cccc([Si]4(C)c5ccccc5-c5ccccc54)c3)c3cccc([Si]4(c5ccccc5)c5ccccc5-c5ccc(-c6ccccc6)cc54)c3)cc21. The minimum Gasteiger partial charge on any atom is -0.310 e. The molecular formula is C70H53NSi2. The Kier molecular flexibility index (Phi) is 9.88. The van der Waals surface area contributed by atoms with Crippen LogP contribution in [0.1, 0.15) is 25.0 Å². The normalized spacial score (nSPS) is 15.9. The highest BCUT2D eigenvalue weighted by atomic mass is 28.3. The summed E-state index contributed by atoms with van der Waals surface area (Å²) in [6, 6.07) is 102. The number of para-hydroxylation sites is 1. The van der Waals surface area contributed by atoms with E-state index >= 15 is 0 Å². The molecule has 0 spiro atoms. The summed E-state index contributed by atoms with van der Waals surface area (Å²) < 4.78 is 0. The second-order valence-electron chi connectivity index (χ2n) is 20.9. The monoisotopic (exact) mass is 963 g/mol. The average Bonchev–Trinajstić information content (AvgIpc) is 4.00. The number of benzene rings is 11. The number of anilines is 3. The molecule has 3 heteroatoms. The topological polar surface area (TPSA) is 3.24 Å². The van der Waals surface area contributed by atoms with E-state index in [0.717, 1.165) is 17.1 Å². The van der Waals surface area contributed by atoms with Crippen molar-refractivity contribution in [2.24, 2.45) is 0 Å². The van der Waals surface area contributed by atoms with E-state index in [4.69, 9.17) is 0 Å². The van der Waals surface area contributed by atoms with E-state index < -0.39 is 16.1 Å². The van der Waals surface area contributed by atoms with Gasteiger partial charge in [-0.05, 0) is 134 Å². The van der Waals surface area contributed by atoms with Crippen molar-refractivity contribution in [1.29, 1.82) is 0 Å². The zero-order valence-electron chi connectivity index (χ0n) is 41.4. The molecule has 1 aliphatic carbocycles. The molecule has 0 saturated heterocycles. The number of rotatable bonds is 8. The zero-order valence-corrected chi connectivity index (χ0v) is 43.4.